The Hall–Kier alpha value is -1.32. The lowest BCUT2D eigenvalue weighted by Gasteiger charge is -2.15. The highest BCUT2D eigenvalue weighted by Crippen LogP contribution is 2.23. The molecule has 0 fully saturated rings. The molecule has 0 spiro atoms. The van der Waals surface area contributed by atoms with E-state index in [0.29, 0.717) is 5.92 Å². The van der Waals surface area contributed by atoms with E-state index >= 15 is 0 Å². The van der Waals surface area contributed by atoms with Crippen molar-refractivity contribution in [3.8, 4) is 5.88 Å². The number of hydrogen-bond acceptors (Lipinski definition) is 4. The van der Waals surface area contributed by atoms with Crippen molar-refractivity contribution in [2.75, 3.05) is 19.0 Å². The summed E-state index contributed by atoms with van der Waals surface area (Å²) in [4.78, 5) is 8.50. The second-order valence-electron chi connectivity index (χ2n) is 4.71. The average Bonchev–Trinajstić information content (AvgIpc) is 2.38. The molecule has 1 N–H and O–H groups in total. The van der Waals surface area contributed by atoms with Crippen LogP contribution in [0.2, 0.25) is 0 Å². The molecule has 0 aliphatic rings. The molecule has 1 atom stereocenters. The van der Waals surface area contributed by atoms with Gasteiger partial charge in [0.25, 0.3) is 0 Å². The Morgan fingerprint density at radius 1 is 1.28 bits per heavy atom. The third-order valence-corrected chi connectivity index (χ3v) is 2.93. The Bertz CT molecular complexity index is 355. The van der Waals surface area contributed by atoms with Gasteiger partial charge in [-0.25, -0.2) is 9.97 Å². The van der Waals surface area contributed by atoms with Crippen molar-refractivity contribution in [2.24, 2.45) is 5.92 Å². The quantitative estimate of drug-likeness (QED) is 0.770. The average molecular weight is 251 g/mol. The Morgan fingerprint density at radius 2 is 2.06 bits per heavy atom. The zero-order valence-corrected chi connectivity index (χ0v) is 12.0. The number of rotatable bonds is 8. The van der Waals surface area contributed by atoms with E-state index in [0.717, 1.165) is 36.7 Å². The molecule has 4 heteroatoms. The van der Waals surface area contributed by atoms with Gasteiger partial charge in [0, 0.05) is 7.05 Å². The van der Waals surface area contributed by atoms with Crippen LogP contribution in [0.3, 0.4) is 0 Å². The predicted octanol–water partition coefficient (Wildman–Crippen LogP) is 3.29. The minimum Gasteiger partial charge on any atom is -0.477 e. The van der Waals surface area contributed by atoms with Crippen LogP contribution in [0.15, 0.2) is 6.33 Å². The highest BCUT2D eigenvalue weighted by molar-refractivity contribution is 5.48. The fourth-order valence-electron chi connectivity index (χ4n) is 2.01. The maximum absolute atomic E-state index is 5.86. The molecule has 0 aliphatic carbocycles. The van der Waals surface area contributed by atoms with Crippen LogP contribution in [-0.4, -0.2) is 23.6 Å². The second kappa shape index (κ2) is 7.90. The van der Waals surface area contributed by atoms with E-state index in [4.69, 9.17) is 4.74 Å². The number of anilines is 1. The van der Waals surface area contributed by atoms with Crippen molar-refractivity contribution < 1.29 is 4.74 Å². The predicted molar refractivity (Wildman–Crippen MR) is 75.1 cm³/mol. The van der Waals surface area contributed by atoms with Gasteiger partial charge in [-0.05, 0) is 18.8 Å². The van der Waals surface area contributed by atoms with E-state index in [2.05, 4.69) is 36.1 Å². The fourth-order valence-corrected chi connectivity index (χ4v) is 2.01. The molecule has 0 bridgehead atoms. The molecule has 102 valence electrons. The van der Waals surface area contributed by atoms with Crippen molar-refractivity contribution in [3.05, 3.63) is 11.9 Å². The van der Waals surface area contributed by atoms with Gasteiger partial charge in [0.05, 0.1) is 12.2 Å². The van der Waals surface area contributed by atoms with E-state index in [1.165, 1.54) is 12.8 Å². The lowest BCUT2D eigenvalue weighted by Crippen LogP contribution is -2.12. The normalized spacial score (nSPS) is 12.2. The van der Waals surface area contributed by atoms with Gasteiger partial charge in [0.15, 0.2) is 0 Å². The van der Waals surface area contributed by atoms with Crippen molar-refractivity contribution in [2.45, 2.75) is 46.5 Å². The van der Waals surface area contributed by atoms with Gasteiger partial charge < -0.3 is 10.1 Å². The fraction of sp³-hybridized carbons (Fsp3) is 0.714. The number of nitrogens with zero attached hydrogens (tertiary/aromatic N) is 2. The molecule has 1 aromatic heterocycles. The number of ether oxygens (including phenoxy) is 1. The highest BCUT2D eigenvalue weighted by Gasteiger charge is 2.12. The molecule has 0 saturated carbocycles. The monoisotopic (exact) mass is 251 g/mol. The Balaban J connectivity index is 2.74. The third-order valence-electron chi connectivity index (χ3n) is 2.93. The van der Waals surface area contributed by atoms with Crippen LogP contribution in [0.1, 0.15) is 45.6 Å². The topological polar surface area (TPSA) is 47.0 Å². The van der Waals surface area contributed by atoms with Crippen LogP contribution >= 0.6 is 0 Å². The summed E-state index contributed by atoms with van der Waals surface area (Å²) < 4.78 is 5.86. The maximum atomic E-state index is 5.86. The Labute approximate surface area is 110 Å². The molecule has 0 saturated heterocycles. The Kier molecular flexibility index (Phi) is 6.47. The summed E-state index contributed by atoms with van der Waals surface area (Å²) in [7, 11) is 1.88. The Morgan fingerprint density at radius 3 is 2.67 bits per heavy atom. The molecule has 1 unspecified atom stereocenters. The smallest absolute Gasteiger partial charge is 0.221 e. The first-order valence-electron chi connectivity index (χ1n) is 6.87. The summed E-state index contributed by atoms with van der Waals surface area (Å²) in [6, 6.07) is 0. The van der Waals surface area contributed by atoms with Gasteiger partial charge in [-0.3, -0.25) is 0 Å². The summed E-state index contributed by atoms with van der Waals surface area (Å²) in [6.07, 6.45) is 5.94. The van der Waals surface area contributed by atoms with Crippen LogP contribution in [0.4, 0.5) is 5.82 Å². The zero-order chi connectivity index (χ0) is 13.4. The third kappa shape index (κ3) is 4.17. The maximum Gasteiger partial charge on any atom is 0.221 e. The zero-order valence-electron chi connectivity index (χ0n) is 12.0. The number of nitrogens with one attached hydrogen (secondary N) is 1. The highest BCUT2D eigenvalue weighted by atomic mass is 16.5. The van der Waals surface area contributed by atoms with Gasteiger partial charge in [-0.15, -0.1) is 0 Å². The van der Waals surface area contributed by atoms with E-state index in [-0.39, 0.29) is 0 Å². The van der Waals surface area contributed by atoms with E-state index in [1.807, 2.05) is 7.05 Å². The van der Waals surface area contributed by atoms with E-state index in [1.54, 1.807) is 6.33 Å². The molecule has 18 heavy (non-hydrogen) atoms. The lowest BCUT2D eigenvalue weighted by molar-refractivity contribution is 0.240. The molecule has 1 heterocycles. The van der Waals surface area contributed by atoms with Crippen LogP contribution < -0.4 is 10.1 Å². The minimum absolute atomic E-state index is 0.567. The second-order valence-corrected chi connectivity index (χ2v) is 4.71. The molecule has 1 aromatic rings. The first-order chi connectivity index (χ1) is 8.72. The van der Waals surface area contributed by atoms with Crippen LogP contribution in [0, 0.1) is 5.92 Å². The summed E-state index contributed by atoms with van der Waals surface area (Å²) >= 11 is 0. The molecule has 0 aliphatic heterocycles. The van der Waals surface area contributed by atoms with Gasteiger partial charge in [0.1, 0.15) is 12.1 Å². The number of hydrogen-bond donors (Lipinski definition) is 1. The molecule has 0 amide bonds. The van der Waals surface area contributed by atoms with Crippen LogP contribution in [0.25, 0.3) is 0 Å². The van der Waals surface area contributed by atoms with E-state index < -0.39 is 0 Å². The number of aromatic nitrogens is 2. The standard InChI is InChI=1S/C14H25N3O/c1-5-7-11(3)9-18-14-12(8-6-2)13(15-4)16-10-17-14/h10-11H,5-9H2,1-4H3,(H,15,16,17). The molecule has 1 rings (SSSR count). The SMILES string of the molecule is CCCc1c(NC)ncnc1OCC(C)CCC. The lowest BCUT2D eigenvalue weighted by atomic mass is 10.1. The van der Waals surface area contributed by atoms with Crippen molar-refractivity contribution in [1.82, 2.24) is 9.97 Å². The summed E-state index contributed by atoms with van der Waals surface area (Å²) in [5.41, 5.74) is 1.09. The largest absolute Gasteiger partial charge is 0.477 e. The van der Waals surface area contributed by atoms with Gasteiger partial charge in [-0.2, -0.15) is 0 Å². The molecule has 4 nitrogen and oxygen atoms in total. The first-order valence-corrected chi connectivity index (χ1v) is 6.87. The van der Waals surface area contributed by atoms with Crippen molar-refractivity contribution in [1.29, 1.82) is 0 Å². The van der Waals surface area contributed by atoms with Crippen molar-refractivity contribution >= 4 is 5.82 Å². The van der Waals surface area contributed by atoms with Crippen LogP contribution in [-0.2, 0) is 6.42 Å². The summed E-state index contributed by atoms with van der Waals surface area (Å²) in [5.74, 6) is 2.18. The van der Waals surface area contributed by atoms with Gasteiger partial charge >= 0.3 is 0 Å². The molecule has 0 aromatic carbocycles. The van der Waals surface area contributed by atoms with Gasteiger partial charge in [0.2, 0.25) is 5.88 Å². The molecule has 0 radical (unpaired) electrons. The molecular formula is C14H25N3O. The first kappa shape index (κ1) is 14.7. The van der Waals surface area contributed by atoms with Crippen LogP contribution in [0.5, 0.6) is 5.88 Å². The van der Waals surface area contributed by atoms with E-state index in [9.17, 15) is 0 Å². The summed E-state index contributed by atoms with van der Waals surface area (Å²) in [5, 5.41) is 3.10. The molecular weight excluding hydrogens is 226 g/mol. The van der Waals surface area contributed by atoms with Crippen molar-refractivity contribution in [3.63, 3.8) is 0 Å². The van der Waals surface area contributed by atoms with Gasteiger partial charge in [-0.1, -0.05) is 33.6 Å². The summed E-state index contributed by atoms with van der Waals surface area (Å²) in [6.45, 7) is 7.28. The minimum atomic E-state index is 0.567.